The molecule has 3 rings (SSSR count). The van der Waals surface area contributed by atoms with Crippen LogP contribution in [0.15, 0.2) is 54.6 Å². The van der Waals surface area contributed by atoms with E-state index in [1.165, 1.54) is 5.56 Å². The minimum absolute atomic E-state index is 0.781. The van der Waals surface area contributed by atoms with Gasteiger partial charge in [-0.2, -0.15) is 0 Å². The number of rotatable bonds is 2. The summed E-state index contributed by atoms with van der Waals surface area (Å²) in [7, 11) is 0. The number of H-pyrrole nitrogens is 1. The maximum atomic E-state index is 6.14. The summed E-state index contributed by atoms with van der Waals surface area (Å²) in [6.07, 6.45) is 4.14. The van der Waals surface area contributed by atoms with Crippen LogP contribution in [0, 0.1) is 0 Å². The molecule has 3 aromatic rings. The second kappa shape index (κ2) is 4.71. The molecule has 0 aliphatic heterocycles. The Morgan fingerprint density at radius 1 is 0.889 bits per heavy atom. The molecular formula is C16H12ClN. The third kappa shape index (κ3) is 2.18. The van der Waals surface area contributed by atoms with Crippen LogP contribution in [0.1, 0.15) is 11.3 Å². The number of aromatic nitrogens is 1. The lowest BCUT2D eigenvalue weighted by Gasteiger charge is -1.90. The van der Waals surface area contributed by atoms with Crippen LogP contribution in [0.4, 0.5) is 0 Å². The van der Waals surface area contributed by atoms with Gasteiger partial charge in [-0.1, -0.05) is 54.1 Å². The number of halogens is 1. The quantitative estimate of drug-likeness (QED) is 0.662. The summed E-state index contributed by atoms with van der Waals surface area (Å²) in [5, 5.41) is 1.84. The molecule has 0 spiro atoms. The highest BCUT2D eigenvalue weighted by Gasteiger charge is 2.01. The van der Waals surface area contributed by atoms with Crippen LogP contribution in [-0.2, 0) is 0 Å². The van der Waals surface area contributed by atoms with E-state index in [9.17, 15) is 0 Å². The monoisotopic (exact) mass is 253 g/mol. The molecule has 1 nitrogen and oxygen atoms in total. The smallest absolute Gasteiger partial charge is 0.0500 e. The van der Waals surface area contributed by atoms with E-state index >= 15 is 0 Å². The first-order chi connectivity index (χ1) is 8.83. The first-order valence-corrected chi connectivity index (χ1v) is 6.21. The number of fused-ring (bicyclic) bond motifs is 1. The first kappa shape index (κ1) is 11.1. The summed E-state index contributed by atoms with van der Waals surface area (Å²) in [5.74, 6) is 0. The van der Waals surface area contributed by atoms with Crippen molar-refractivity contribution >= 4 is 34.7 Å². The van der Waals surface area contributed by atoms with Gasteiger partial charge in [0, 0.05) is 21.6 Å². The van der Waals surface area contributed by atoms with Crippen LogP contribution in [-0.4, -0.2) is 4.98 Å². The van der Waals surface area contributed by atoms with Crippen LogP contribution in [0.3, 0.4) is 0 Å². The zero-order valence-electron chi connectivity index (χ0n) is 9.73. The van der Waals surface area contributed by atoms with E-state index in [1.807, 2.05) is 36.4 Å². The molecule has 1 heterocycles. The van der Waals surface area contributed by atoms with Crippen molar-refractivity contribution in [1.29, 1.82) is 0 Å². The highest BCUT2D eigenvalue weighted by Crippen LogP contribution is 2.24. The standard InChI is InChI=1S/C16H12ClN/c17-15-7-4-8-16-14(15)11-13(18-16)10-9-12-5-2-1-3-6-12/h1-11,18H/b10-9+. The molecule has 0 saturated heterocycles. The van der Waals surface area contributed by atoms with Crippen molar-refractivity contribution in [2.45, 2.75) is 0 Å². The number of nitrogens with one attached hydrogen (secondary N) is 1. The van der Waals surface area contributed by atoms with E-state index in [0.29, 0.717) is 0 Å². The average Bonchev–Trinajstić information content (AvgIpc) is 2.82. The fraction of sp³-hybridized carbons (Fsp3) is 0. The van der Waals surface area contributed by atoms with Crippen LogP contribution in [0.2, 0.25) is 5.02 Å². The molecule has 2 heteroatoms. The lowest BCUT2D eigenvalue weighted by Crippen LogP contribution is -1.71. The average molecular weight is 254 g/mol. The Labute approximate surface area is 111 Å². The molecule has 0 amide bonds. The summed E-state index contributed by atoms with van der Waals surface area (Å²) in [6.45, 7) is 0. The second-order valence-corrected chi connectivity index (χ2v) is 4.58. The fourth-order valence-corrected chi connectivity index (χ4v) is 2.21. The van der Waals surface area contributed by atoms with Crippen molar-refractivity contribution in [3.63, 3.8) is 0 Å². The number of hydrogen-bond acceptors (Lipinski definition) is 0. The summed E-state index contributed by atoms with van der Waals surface area (Å²) in [6, 6.07) is 18.2. The van der Waals surface area contributed by atoms with Gasteiger partial charge < -0.3 is 4.98 Å². The molecule has 1 N–H and O–H groups in total. The van der Waals surface area contributed by atoms with Gasteiger partial charge in [0.1, 0.15) is 0 Å². The molecule has 0 unspecified atom stereocenters. The predicted octanol–water partition coefficient (Wildman–Crippen LogP) is 4.99. The molecule has 0 bridgehead atoms. The SMILES string of the molecule is Clc1cccc2[nH]c(/C=C/c3ccccc3)cc12. The molecule has 0 saturated carbocycles. The molecule has 88 valence electrons. The first-order valence-electron chi connectivity index (χ1n) is 5.83. The maximum Gasteiger partial charge on any atom is 0.0500 e. The summed E-state index contributed by atoms with van der Waals surface area (Å²) >= 11 is 6.14. The Morgan fingerprint density at radius 3 is 2.50 bits per heavy atom. The lowest BCUT2D eigenvalue weighted by atomic mass is 10.2. The third-order valence-electron chi connectivity index (χ3n) is 2.89. The number of aromatic amines is 1. The molecule has 0 aliphatic carbocycles. The van der Waals surface area contributed by atoms with Crippen molar-refractivity contribution in [2.24, 2.45) is 0 Å². The van der Waals surface area contributed by atoms with Gasteiger partial charge in [0.05, 0.1) is 0 Å². The summed E-state index contributed by atoms with van der Waals surface area (Å²) in [4.78, 5) is 3.34. The van der Waals surface area contributed by atoms with E-state index in [0.717, 1.165) is 21.6 Å². The zero-order valence-corrected chi connectivity index (χ0v) is 10.5. The fourth-order valence-electron chi connectivity index (χ4n) is 1.98. The highest BCUT2D eigenvalue weighted by atomic mass is 35.5. The zero-order chi connectivity index (χ0) is 12.4. The molecule has 1 aromatic heterocycles. The van der Waals surface area contributed by atoms with Crippen molar-refractivity contribution < 1.29 is 0 Å². The third-order valence-corrected chi connectivity index (χ3v) is 3.22. The van der Waals surface area contributed by atoms with Crippen molar-refractivity contribution in [3.8, 4) is 0 Å². The molecule has 2 aromatic carbocycles. The Bertz CT molecular complexity index is 695. The van der Waals surface area contributed by atoms with Crippen molar-refractivity contribution in [3.05, 3.63) is 70.9 Å². The number of hydrogen-bond donors (Lipinski definition) is 1. The lowest BCUT2D eigenvalue weighted by molar-refractivity contribution is 1.43. The van der Waals surface area contributed by atoms with Gasteiger partial charge >= 0.3 is 0 Å². The van der Waals surface area contributed by atoms with Crippen LogP contribution in [0.25, 0.3) is 23.1 Å². The van der Waals surface area contributed by atoms with E-state index in [-0.39, 0.29) is 0 Å². The summed E-state index contributed by atoms with van der Waals surface area (Å²) < 4.78 is 0. The second-order valence-electron chi connectivity index (χ2n) is 4.17. The van der Waals surface area contributed by atoms with E-state index < -0.39 is 0 Å². The minimum Gasteiger partial charge on any atom is -0.355 e. The number of benzene rings is 2. The molecular weight excluding hydrogens is 242 g/mol. The Morgan fingerprint density at radius 2 is 1.72 bits per heavy atom. The van der Waals surface area contributed by atoms with E-state index in [2.05, 4.69) is 35.3 Å². The van der Waals surface area contributed by atoms with Crippen LogP contribution < -0.4 is 0 Å². The van der Waals surface area contributed by atoms with E-state index in [1.54, 1.807) is 0 Å². The molecule has 0 atom stereocenters. The predicted molar refractivity (Wildman–Crippen MR) is 78.7 cm³/mol. The summed E-state index contributed by atoms with van der Waals surface area (Å²) in [5.41, 5.74) is 3.31. The van der Waals surface area contributed by atoms with Gasteiger partial charge in [-0.25, -0.2) is 0 Å². The molecule has 0 fully saturated rings. The van der Waals surface area contributed by atoms with Crippen LogP contribution >= 0.6 is 11.6 Å². The Balaban J connectivity index is 1.96. The van der Waals surface area contributed by atoms with Crippen molar-refractivity contribution in [1.82, 2.24) is 4.98 Å². The van der Waals surface area contributed by atoms with Gasteiger partial charge in [-0.15, -0.1) is 0 Å². The molecule has 0 aliphatic rings. The topological polar surface area (TPSA) is 15.8 Å². The Kier molecular flexibility index (Phi) is 2.91. The van der Waals surface area contributed by atoms with Gasteiger partial charge in [0.2, 0.25) is 0 Å². The van der Waals surface area contributed by atoms with E-state index in [4.69, 9.17) is 11.6 Å². The van der Waals surface area contributed by atoms with Gasteiger partial charge in [-0.3, -0.25) is 0 Å². The molecule has 18 heavy (non-hydrogen) atoms. The van der Waals surface area contributed by atoms with Gasteiger partial charge in [0.25, 0.3) is 0 Å². The van der Waals surface area contributed by atoms with Gasteiger partial charge in [-0.05, 0) is 29.8 Å². The Hall–Kier alpha value is -1.99. The van der Waals surface area contributed by atoms with Crippen molar-refractivity contribution in [2.75, 3.05) is 0 Å². The van der Waals surface area contributed by atoms with Gasteiger partial charge in [0.15, 0.2) is 0 Å². The minimum atomic E-state index is 0.781. The normalized spacial score (nSPS) is 11.4. The highest BCUT2D eigenvalue weighted by molar-refractivity contribution is 6.35. The molecule has 0 radical (unpaired) electrons. The maximum absolute atomic E-state index is 6.14. The largest absolute Gasteiger partial charge is 0.355 e. The van der Waals surface area contributed by atoms with Crippen LogP contribution in [0.5, 0.6) is 0 Å².